The molecule has 0 aromatic heterocycles. The molecule has 3 fully saturated rings. The maximum absolute atomic E-state index is 13.5. The smallest absolute Gasteiger partial charge is 0.338 e. The van der Waals surface area contributed by atoms with Crippen molar-refractivity contribution in [2.45, 2.75) is 96.9 Å². The molecule has 3 aliphatic rings. The van der Waals surface area contributed by atoms with Gasteiger partial charge in [-0.1, -0.05) is 25.1 Å². The second kappa shape index (κ2) is 11.1. The summed E-state index contributed by atoms with van der Waals surface area (Å²) in [7, 11) is 0. The van der Waals surface area contributed by atoms with Gasteiger partial charge >= 0.3 is 29.8 Å². The van der Waals surface area contributed by atoms with E-state index in [2.05, 4.69) is 0 Å². The Kier molecular flexibility index (Phi) is 8.23. The predicted octanol–water partition coefficient (Wildman–Crippen LogP) is 3.16. The maximum atomic E-state index is 13.5. The third-order valence-electron chi connectivity index (χ3n) is 8.72. The zero-order valence-electron chi connectivity index (χ0n) is 24.5. The second-order valence-electron chi connectivity index (χ2n) is 11.8. The van der Waals surface area contributed by atoms with E-state index in [0.29, 0.717) is 0 Å². The summed E-state index contributed by atoms with van der Waals surface area (Å²) in [6.07, 6.45) is -3.97. The summed E-state index contributed by atoms with van der Waals surface area (Å²) < 4.78 is 36.4. The minimum Gasteiger partial charge on any atom is -0.465 e. The maximum Gasteiger partial charge on any atom is 0.338 e. The molecular weight excluding hydrogens is 536 g/mol. The van der Waals surface area contributed by atoms with Crippen molar-refractivity contribution in [2.24, 2.45) is 17.3 Å². The van der Waals surface area contributed by atoms with Gasteiger partial charge in [0.2, 0.25) is 0 Å². The molecule has 4 rings (SSSR count). The van der Waals surface area contributed by atoms with Crippen LogP contribution in [0, 0.1) is 17.3 Å². The summed E-state index contributed by atoms with van der Waals surface area (Å²) in [6.45, 7) is 10.1. The van der Waals surface area contributed by atoms with Crippen LogP contribution in [0.2, 0.25) is 0 Å². The van der Waals surface area contributed by atoms with Crippen LogP contribution in [0.25, 0.3) is 0 Å². The number of hydrogen-bond donors (Lipinski definition) is 0. The van der Waals surface area contributed by atoms with Crippen molar-refractivity contribution in [3.63, 3.8) is 0 Å². The van der Waals surface area contributed by atoms with Crippen molar-refractivity contribution in [3.8, 4) is 0 Å². The van der Waals surface area contributed by atoms with Gasteiger partial charge in [-0.15, -0.1) is 0 Å². The highest BCUT2D eigenvalue weighted by Crippen LogP contribution is 2.68. The summed E-state index contributed by atoms with van der Waals surface area (Å²) >= 11 is 0. The van der Waals surface area contributed by atoms with E-state index in [4.69, 9.17) is 28.4 Å². The molecule has 41 heavy (non-hydrogen) atoms. The average molecular weight is 575 g/mol. The topological polar surface area (TPSA) is 141 Å². The van der Waals surface area contributed by atoms with Crippen LogP contribution >= 0.6 is 0 Å². The number of carbonyl (C=O) groups is 5. The minimum atomic E-state index is -1.64. The van der Waals surface area contributed by atoms with Gasteiger partial charge in [0.05, 0.1) is 11.2 Å². The lowest BCUT2D eigenvalue weighted by atomic mass is 9.47. The number of rotatable bonds is 7. The molecule has 1 saturated heterocycles. The molecule has 1 aliphatic heterocycles. The van der Waals surface area contributed by atoms with E-state index in [9.17, 15) is 24.0 Å². The molecule has 2 bridgehead atoms. The summed E-state index contributed by atoms with van der Waals surface area (Å²) in [5.41, 5.74) is -3.74. The van der Waals surface area contributed by atoms with Gasteiger partial charge in [-0.3, -0.25) is 19.2 Å². The Morgan fingerprint density at radius 1 is 0.805 bits per heavy atom. The molecule has 0 amide bonds. The van der Waals surface area contributed by atoms with Gasteiger partial charge in [0.25, 0.3) is 0 Å². The van der Waals surface area contributed by atoms with Crippen molar-refractivity contribution in [1.82, 2.24) is 0 Å². The monoisotopic (exact) mass is 574 g/mol. The first-order chi connectivity index (χ1) is 19.2. The van der Waals surface area contributed by atoms with Crippen LogP contribution < -0.4 is 0 Å². The van der Waals surface area contributed by atoms with Crippen LogP contribution in [-0.2, 0) is 47.6 Å². The van der Waals surface area contributed by atoms with Gasteiger partial charge in [-0.2, -0.15) is 0 Å². The van der Waals surface area contributed by atoms with E-state index in [1.165, 1.54) is 27.7 Å². The van der Waals surface area contributed by atoms with E-state index < -0.39 is 89.3 Å². The lowest BCUT2D eigenvalue weighted by molar-refractivity contribution is -0.319. The van der Waals surface area contributed by atoms with E-state index >= 15 is 0 Å². The van der Waals surface area contributed by atoms with Crippen LogP contribution in [0.3, 0.4) is 0 Å². The normalized spacial score (nSPS) is 34.9. The van der Waals surface area contributed by atoms with Crippen LogP contribution in [0.15, 0.2) is 30.3 Å². The van der Waals surface area contributed by atoms with E-state index in [-0.39, 0.29) is 18.4 Å². The fraction of sp³-hybridized carbons (Fsp3) is 0.633. The lowest BCUT2D eigenvalue weighted by Crippen LogP contribution is -2.78. The first kappa shape index (κ1) is 30.5. The third-order valence-corrected chi connectivity index (χ3v) is 8.72. The fourth-order valence-electron chi connectivity index (χ4n) is 7.38. The minimum absolute atomic E-state index is 0.115. The molecular formula is C30H38O11. The summed E-state index contributed by atoms with van der Waals surface area (Å²) in [5, 5.41) is 0. The standard InChI is InChI=1S/C30H38O11/c1-16-13-23(37-18(3)32)26(39-20(5)34)29(15-36-17(2)31)24(40-27(35)21-11-9-8-10-12-21)14-22-25(38-19(4)33)30(16,29)41-28(22,6)7/h8-12,16,22-26H,13-15H2,1-7H3/t16-,22-,23+,24+,25-,26+,29-,30-/m0/s1. The van der Waals surface area contributed by atoms with E-state index in [0.717, 1.165) is 0 Å². The fourth-order valence-corrected chi connectivity index (χ4v) is 7.38. The molecule has 2 saturated carbocycles. The quantitative estimate of drug-likeness (QED) is 0.350. The van der Waals surface area contributed by atoms with Gasteiger partial charge in [0.15, 0.2) is 6.10 Å². The number of esters is 5. The molecule has 0 radical (unpaired) electrons. The number of ether oxygens (including phenoxy) is 6. The Morgan fingerprint density at radius 3 is 1.95 bits per heavy atom. The van der Waals surface area contributed by atoms with Crippen molar-refractivity contribution in [1.29, 1.82) is 0 Å². The molecule has 11 nitrogen and oxygen atoms in total. The first-order valence-electron chi connectivity index (χ1n) is 13.8. The number of carbonyl (C=O) groups excluding carboxylic acids is 5. The van der Waals surface area contributed by atoms with Gasteiger partial charge in [-0.25, -0.2) is 4.79 Å². The van der Waals surface area contributed by atoms with Gasteiger partial charge in [0, 0.05) is 33.6 Å². The second-order valence-corrected chi connectivity index (χ2v) is 11.8. The summed E-state index contributed by atoms with van der Waals surface area (Å²) in [4.78, 5) is 63.2. The predicted molar refractivity (Wildman–Crippen MR) is 141 cm³/mol. The first-order valence-corrected chi connectivity index (χ1v) is 13.8. The Hall–Kier alpha value is -3.47. The highest BCUT2D eigenvalue weighted by atomic mass is 16.6. The molecule has 0 N–H and O–H groups in total. The highest BCUT2D eigenvalue weighted by Gasteiger charge is 2.82. The lowest BCUT2D eigenvalue weighted by Gasteiger charge is -2.63. The van der Waals surface area contributed by atoms with Crippen LogP contribution in [0.1, 0.15) is 71.7 Å². The van der Waals surface area contributed by atoms with Gasteiger partial charge in [0.1, 0.15) is 35.9 Å². The molecule has 0 unspecified atom stereocenters. The summed E-state index contributed by atoms with van der Waals surface area (Å²) in [6, 6.07) is 8.36. The molecule has 1 heterocycles. The van der Waals surface area contributed by atoms with Crippen molar-refractivity contribution >= 4 is 29.8 Å². The Labute approximate surface area is 239 Å². The van der Waals surface area contributed by atoms with Crippen LogP contribution in [0.4, 0.5) is 0 Å². The highest BCUT2D eigenvalue weighted by molar-refractivity contribution is 5.89. The molecule has 224 valence electrons. The molecule has 8 atom stereocenters. The SMILES string of the molecule is CC(=O)OC[C@]12[C@H](OC(C)=O)[C@H](OC(C)=O)C[C@H](C)[C@@]13OC(C)(C)[C@@H](C[C@H]2OC(=O)c1ccccc1)[C@@H]3OC(C)=O. The average Bonchev–Trinajstić information content (AvgIpc) is 3.03. The largest absolute Gasteiger partial charge is 0.465 e. The van der Waals surface area contributed by atoms with Crippen molar-refractivity contribution in [2.75, 3.05) is 6.61 Å². The van der Waals surface area contributed by atoms with Crippen molar-refractivity contribution in [3.05, 3.63) is 35.9 Å². The molecule has 1 spiro atoms. The molecule has 1 aromatic carbocycles. The number of hydrogen-bond acceptors (Lipinski definition) is 11. The number of benzene rings is 1. The zero-order chi connectivity index (χ0) is 30.3. The van der Waals surface area contributed by atoms with Crippen molar-refractivity contribution < 1.29 is 52.4 Å². The third kappa shape index (κ3) is 5.20. The Morgan fingerprint density at radius 2 is 1.39 bits per heavy atom. The van der Waals surface area contributed by atoms with E-state index in [1.807, 2.05) is 20.8 Å². The Balaban J connectivity index is 2.01. The number of fused-ring (bicyclic) bond motifs is 1. The van der Waals surface area contributed by atoms with Crippen LogP contribution in [0.5, 0.6) is 0 Å². The van der Waals surface area contributed by atoms with Gasteiger partial charge < -0.3 is 28.4 Å². The molecule has 11 heteroatoms. The van der Waals surface area contributed by atoms with Gasteiger partial charge in [-0.05, 0) is 44.7 Å². The molecule has 2 aliphatic carbocycles. The van der Waals surface area contributed by atoms with E-state index in [1.54, 1.807) is 30.3 Å². The van der Waals surface area contributed by atoms with Crippen LogP contribution in [-0.4, -0.2) is 72.1 Å². The Bertz CT molecular complexity index is 1210. The summed E-state index contributed by atoms with van der Waals surface area (Å²) in [5.74, 6) is -4.13. The molecule has 1 aromatic rings. The zero-order valence-corrected chi connectivity index (χ0v) is 24.5.